The highest BCUT2D eigenvalue weighted by Crippen LogP contribution is 2.14. The molecule has 0 bridgehead atoms. The quantitative estimate of drug-likeness (QED) is 0.902. The van der Waals surface area contributed by atoms with Crippen LogP contribution in [-0.2, 0) is 6.54 Å². The molecule has 0 spiro atoms. The Balaban J connectivity index is 2.30. The monoisotopic (exact) mass is 248 g/mol. The number of aryl methyl sites for hydroxylation is 1. The molecule has 1 N–H and O–H groups in total. The van der Waals surface area contributed by atoms with Gasteiger partial charge in [-0.2, -0.15) is 0 Å². The van der Waals surface area contributed by atoms with Crippen LogP contribution in [0.5, 0.6) is 0 Å². The van der Waals surface area contributed by atoms with Gasteiger partial charge in [0, 0.05) is 12.6 Å². The summed E-state index contributed by atoms with van der Waals surface area (Å²) in [7, 11) is 0. The molecule has 1 aromatic heterocycles. The third-order valence-corrected chi connectivity index (χ3v) is 2.58. The van der Waals surface area contributed by atoms with Crippen molar-refractivity contribution >= 4 is 0 Å². The molecule has 2 rings (SSSR count). The zero-order valence-electron chi connectivity index (χ0n) is 10.8. The summed E-state index contributed by atoms with van der Waals surface area (Å²) in [5, 5.41) is 11.2. The van der Waals surface area contributed by atoms with Gasteiger partial charge in [0.05, 0.1) is 17.6 Å². The minimum atomic E-state index is -0.261. The molecule has 0 radical (unpaired) electrons. The minimum absolute atomic E-state index is 0.261. The topological polar surface area (TPSA) is 42.7 Å². The Morgan fingerprint density at radius 1 is 1.33 bits per heavy atom. The Hall–Kier alpha value is -1.75. The van der Waals surface area contributed by atoms with E-state index in [-0.39, 0.29) is 5.82 Å². The van der Waals surface area contributed by atoms with Crippen molar-refractivity contribution in [1.82, 2.24) is 20.3 Å². The van der Waals surface area contributed by atoms with Crippen molar-refractivity contribution in [2.45, 2.75) is 33.4 Å². The van der Waals surface area contributed by atoms with E-state index in [1.165, 1.54) is 12.1 Å². The molecule has 18 heavy (non-hydrogen) atoms. The molecular weight excluding hydrogens is 231 g/mol. The van der Waals surface area contributed by atoms with Gasteiger partial charge in [-0.25, -0.2) is 9.07 Å². The van der Waals surface area contributed by atoms with Gasteiger partial charge in [-0.3, -0.25) is 0 Å². The number of halogens is 1. The van der Waals surface area contributed by atoms with E-state index < -0.39 is 0 Å². The lowest BCUT2D eigenvalue weighted by Crippen LogP contribution is -2.23. The molecule has 0 aliphatic heterocycles. The standard InChI is InChI=1S/C13H17FN4/c1-9(2)15-7-13-8-16-17-18(13)12-5-10(3)4-11(14)6-12/h4-6,8-9,15H,7H2,1-3H3. The number of hydrogen-bond donors (Lipinski definition) is 1. The zero-order valence-corrected chi connectivity index (χ0v) is 10.8. The molecule has 0 atom stereocenters. The number of aromatic nitrogens is 3. The summed E-state index contributed by atoms with van der Waals surface area (Å²) in [6.45, 7) is 6.65. The molecular formula is C13H17FN4. The van der Waals surface area contributed by atoms with Crippen LogP contribution in [0, 0.1) is 12.7 Å². The van der Waals surface area contributed by atoms with E-state index in [1.54, 1.807) is 10.9 Å². The van der Waals surface area contributed by atoms with Gasteiger partial charge in [-0.05, 0) is 30.7 Å². The first-order valence-corrected chi connectivity index (χ1v) is 5.97. The van der Waals surface area contributed by atoms with Crippen LogP contribution >= 0.6 is 0 Å². The van der Waals surface area contributed by atoms with E-state index in [0.717, 1.165) is 11.3 Å². The van der Waals surface area contributed by atoms with Gasteiger partial charge in [0.2, 0.25) is 0 Å². The lowest BCUT2D eigenvalue weighted by atomic mass is 10.2. The molecule has 0 aliphatic carbocycles. The second kappa shape index (κ2) is 5.27. The van der Waals surface area contributed by atoms with Gasteiger partial charge in [-0.1, -0.05) is 19.1 Å². The second-order valence-electron chi connectivity index (χ2n) is 4.66. The van der Waals surface area contributed by atoms with Gasteiger partial charge >= 0.3 is 0 Å². The first-order valence-electron chi connectivity index (χ1n) is 5.97. The molecule has 5 heteroatoms. The molecule has 0 amide bonds. The summed E-state index contributed by atoms with van der Waals surface area (Å²) in [5.74, 6) is -0.261. The Morgan fingerprint density at radius 2 is 2.11 bits per heavy atom. The molecule has 2 aromatic rings. The van der Waals surface area contributed by atoms with Crippen molar-refractivity contribution in [2.75, 3.05) is 0 Å². The summed E-state index contributed by atoms with van der Waals surface area (Å²) >= 11 is 0. The third kappa shape index (κ3) is 2.92. The van der Waals surface area contributed by atoms with Gasteiger partial charge in [-0.15, -0.1) is 5.10 Å². The fourth-order valence-electron chi connectivity index (χ4n) is 1.74. The van der Waals surface area contributed by atoms with Crippen molar-refractivity contribution in [2.24, 2.45) is 0 Å². The largest absolute Gasteiger partial charge is 0.309 e. The minimum Gasteiger partial charge on any atom is -0.309 e. The molecule has 0 saturated carbocycles. The molecule has 4 nitrogen and oxygen atoms in total. The van der Waals surface area contributed by atoms with E-state index in [2.05, 4.69) is 29.5 Å². The van der Waals surface area contributed by atoms with E-state index >= 15 is 0 Å². The van der Waals surface area contributed by atoms with Crippen LogP contribution in [0.4, 0.5) is 4.39 Å². The van der Waals surface area contributed by atoms with Crippen LogP contribution in [0.2, 0.25) is 0 Å². The molecule has 0 saturated heterocycles. The fraction of sp³-hybridized carbons (Fsp3) is 0.385. The second-order valence-corrected chi connectivity index (χ2v) is 4.66. The van der Waals surface area contributed by atoms with Gasteiger partial charge in [0.25, 0.3) is 0 Å². The number of nitrogens with one attached hydrogen (secondary N) is 1. The molecule has 96 valence electrons. The van der Waals surface area contributed by atoms with Crippen LogP contribution in [-0.4, -0.2) is 21.0 Å². The smallest absolute Gasteiger partial charge is 0.125 e. The first kappa shape index (κ1) is 12.7. The molecule has 0 fully saturated rings. The Bertz CT molecular complexity index is 513. The van der Waals surface area contributed by atoms with Gasteiger partial charge in [0.1, 0.15) is 5.82 Å². The summed E-state index contributed by atoms with van der Waals surface area (Å²) in [4.78, 5) is 0. The predicted molar refractivity (Wildman–Crippen MR) is 68.0 cm³/mol. The number of benzene rings is 1. The van der Waals surface area contributed by atoms with E-state index in [0.29, 0.717) is 18.3 Å². The van der Waals surface area contributed by atoms with Crippen LogP contribution in [0.15, 0.2) is 24.4 Å². The lowest BCUT2D eigenvalue weighted by Gasteiger charge is -2.10. The summed E-state index contributed by atoms with van der Waals surface area (Å²) in [5.41, 5.74) is 2.47. The SMILES string of the molecule is Cc1cc(F)cc(-n2nncc2CNC(C)C)c1. The van der Waals surface area contributed by atoms with E-state index in [9.17, 15) is 4.39 Å². The molecule has 1 aromatic carbocycles. The predicted octanol–water partition coefficient (Wildman–Crippen LogP) is 2.21. The normalized spacial score (nSPS) is 11.2. The molecule has 1 heterocycles. The third-order valence-electron chi connectivity index (χ3n) is 2.58. The van der Waals surface area contributed by atoms with Crippen molar-refractivity contribution in [3.63, 3.8) is 0 Å². The highest BCUT2D eigenvalue weighted by atomic mass is 19.1. The van der Waals surface area contributed by atoms with Crippen molar-refractivity contribution in [1.29, 1.82) is 0 Å². The van der Waals surface area contributed by atoms with Crippen LogP contribution in [0.3, 0.4) is 0 Å². The fourth-order valence-corrected chi connectivity index (χ4v) is 1.74. The molecule has 0 unspecified atom stereocenters. The van der Waals surface area contributed by atoms with E-state index in [1.807, 2.05) is 13.0 Å². The highest BCUT2D eigenvalue weighted by Gasteiger charge is 2.08. The Kier molecular flexibility index (Phi) is 3.72. The van der Waals surface area contributed by atoms with E-state index in [4.69, 9.17) is 0 Å². The lowest BCUT2D eigenvalue weighted by molar-refractivity contribution is 0.569. The Labute approximate surface area is 106 Å². The summed E-state index contributed by atoms with van der Waals surface area (Å²) < 4.78 is 15.0. The van der Waals surface area contributed by atoms with Crippen molar-refractivity contribution in [3.8, 4) is 5.69 Å². The van der Waals surface area contributed by atoms with Crippen LogP contribution in [0.25, 0.3) is 5.69 Å². The Morgan fingerprint density at radius 3 is 2.78 bits per heavy atom. The van der Waals surface area contributed by atoms with Crippen molar-refractivity contribution < 1.29 is 4.39 Å². The maximum Gasteiger partial charge on any atom is 0.125 e. The number of nitrogens with zero attached hydrogens (tertiary/aromatic N) is 3. The maximum atomic E-state index is 13.4. The van der Waals surface area contributed by atoms with Crippen molar-refractivity contribution in [3.05, 3.63) is 41.5 Å². The number of rotatable bonds is 4. The maximum absolute atomic E-state index is 13.4. The van der Waals surface area contributed by atoms with Crippen LogP contribution in [0.1, 0.15) is 25.1 Å². The average molecular weight is 248 g/mol. The number of hydrogen-bond acceptors (Lipinski definition) is 3. The summed E-state index contributed by atoms with van der Waals surface area (Å²) in [6, 6.07) is 5.21. The van der Waals surface area contributed by atoms with Gasteiger partial charge in [0.15, 0.2) is 0 Å². The average Bonchev–Trinajstić information content (AvgIpc) is 2.72. The summed E-state index contributed by atoms with van der Waals surface area (Å²) in [6.07, 6.45) is 1.69. The highest BCUT2D eigenvalue weighted by molar-refractivity contribution is 5.36. The van der Waals surface area contributed by atoms with Gasteiger partial charge < -0.3 is 5.32 Å². The zero-order chi connectivity index (χ0) is 13.1. The first-order chi connectivity index (χ1) is 8.56. The molecule has 0 aliphatic rings. The van der Waals surface area contributed by atoms with Crippen LogP contribution < -0.4 is 5.32 Å².